The van der Waals surface area contributed by atoms with Crippen molar-refractivity contribution in [3.63, 3.8) is 0 Å². The second-order valence-corrected chi connectivity index (χ2v) is 17.5. The fourth-order valence-electron chi connectivity index (χ4n) is 7.12. The van der Waals surface area contributed by atoms with Gasteiger partial charge in [-0.3, -0.25) is 48.1 Å². The van der Waals surface area contributed by atoms with Gasteiger partial charge in [0.1, 0.15) is 36.0 Å². The number of carbonyl (C=O) groups excluding carboxylic acids is 7. The number of aliphatic carboxylic acids is 1. The van der Waals surface area contributed by atoms with Crippen LogP contribution in [0.25, 0.3) is 0 Å². The van der Waals surface area contributed by atoms with Gasteiger partial charge in [-0.05, 0) is 62.8 Å². The number of aliphatic hydroxyl groups excluding tert-OH is 7. The Morgan fingerprint density at radius 2 is 1.28 bits per heavy atom. The van der Waals surface area contributed by atoms with Crippen LogP contribution in [-0.4, -0.2) is 198 Å². The number of primary amides is 1. The van der Waals surface area contributed by atoms with Crippen LogP contribution in [0.15, 0.2) is 34.1 Å². The Labute approximate surface area is 428 Å². The molecule has 1 aromatic carbocycles. The molecule has 1 unspecified atom stereocenters. The standard InChI is InChI=1S/C45H69N13O17/c46-39(71)28(7-10-33(65)48-16-13-26(61)18-27(62)21-59)55-43(74)30(9-12-36(68)69)56-42(73)29(8-11-34(66)49-17-14-31(63)38(70)32(64)22-60)54-35(67)2-1-15-50-41(72)23-3-5-24(6-4-23)51-19-25-20-52-40-37(53-25)44(75)58-45(47)57-40/h3-6,20,25-32,38,51,53,59-64,70H,1-2,7-19,21-22H2,(H2,46,71)(H,48,65)(H,49,66)(H,50,72)(H,54,67)(H,55,74)(H,56,73)(H,68,69)(H3,47,57,58,75)/t25?,26-,27+,28+,29+,30+,31-,32-,38+/m1/s1. The van der Waals surface area contributed by atoms with E-state index in [9.17, 15) is 73.8 Å². The van der Waals surface area contributed by atoms with Gasteiger partial charge in [0.25, 0.3) is 11.5 Å². The van der Waals surface area contributed by atoms with Crippen LogP contribution in [0.2, 0.25) is 0 Å². The fraction of sp³-hybridized carbons (Fsp3) is 0.578. The first-order valence-corrected chi connectivity index (χ1v) is 24.0. The number of amides is 7. The van der Waals surface area contributed by atoms with Crippen molar-refractivity contribution in [3.8, 4) is 0 Å². The van der Waals surface area contributed by atoms with Gasteiger partial charge in [0.15, 0.2) is 5.82 Å². The number of H-pyrrole nitrogens is 1. The summed E-state index contributed by atoms with van der Waals surface area (Å²) in [4.78, 5) is 125. The Kier molecular flexibility index (Phi) is 26.5. The van der Waals surface area contributed by atoms with Gasteiger partial charge < -0.3 is 94.9 Å². The van der Waals surface area contributed by atoms with Crippen LogP contribution < -0.4 is 59.6 Å². The summed E-state index contributed by atoms with van der Waals surface area (Å²) < 4.78 is 0. The third kappa shape index (κ3) is 22.8. The Morgan fingerprint density at radius 1 is 0.680 bits per heavy atom. The number of carbonyl (C=O) groups is 8. The number of aliphatic hydroxyl groups is 7. The number of hydrogen-bond donors (Lipinski definition) is 19. The van der Waals surface area contributed by atoms with E-state index in [0.717, 1.165) is 0 Å². The second kappa shape index (κ2) is 32.1. The third-order valence-electron chi connectivity index (χ3n) is 11.4. The molecule has 0 saturated heterocycles. The van der Waals surface area contributed by atoms with Gasteiger partial charge in [0.2, 0.25) is 41.4 Å². The van der Waals surface area contributed by atoms with Gasteiger partial charge in [0.05, 0.1) is 37.6 Å². The molecule has 0 fully saturated rings. The first-order valence-electron chi connectivity index (χ1n) is 24.0. The van der Waals surface area contributed by atoms with Gasteiger partial charge in [0, 0.05) is 75.7 Å². The summed E-state index contributed by atoms with van der Waals surface area (Å²) in [5.74, 6) is -7.03. The molecule has 1 aromatic heterocycles. The molecule has 0 spiro atoms. The third-order valence-corrected chi connectivity index (χ3v) is 11.4. The SMILES string of the molecule is NC(=O)[C@H](CCC(=O)NCC[C@@H](O)C[C@H](O)CO)NC(=O)[C@H](CCC(=O)O)NC(=O)[C@H](CCC(=O)NCC[C@@H](O)[C@H](O)[C@H](O)CO)NC(=O)CCCNC(=O)c1ccc(NCC2C=Nc3nc(N)[nH]c(=O)c3N2)cc1. The maximum absolute atomic E-state index is 13.8. The first kappa shape index (κ1) is 61.9. The van der Waals surface area contributed by atoms with Gasteiger partial charge in [-0.25, -0.2) is 4.99 Å². The van der Waals surface area contributed by atoms with Crippen LogP contribution in [0.5, 0.6) is 0 Å². The van der Waals surface area contributed by atoms with E-state index in [1.54, 1.807) is 30.5 Å². The smallest absolute Gasteiger partial charge is 0.303 e. The molecule has 1 aliphatic heterocycles. The van der Waals surface area contributed by atoms with E-state index >= 15 is 0 Å². The van der Waals surface area contributed by atoms with E-state index in [2.05, 4.69) is 57.5 Å². The molecule has 30 nitrogen and oxygen atoms in total. The molecule has 0 aliphatic carbocycles. The van der Waals surface area contributed by atoms with Crippen LogP contribution >= 0.6 is 0 Å². The number of nitrogens with one attached hydrogen (secondary N) is 9. The van der Waals surface area contributed by atoms with E-state index in [-0.39, 0.29) is 93.6 Å². The number of aromatic nitrogens is 2. The van der Waals surface area contributed by atoms with Crippen LogP contribution in [-0.2, 0) is 33.6 Å². The molecule has 3 rings (SSSR count). The molecule has 0 saturated carbocycles. The van der Waals surface area contributed by atoms with E-state index < -0.39 is 140 Å². The fourth-order valence-corrected chi connectivity index (χ4v) is 7.12. The summed E-state index contributed by atoms with van der Waals surface area (Å²) in [5, 5.41) is 97.2. The van der Waals surface area contributed by atoms with Crippen molar-refractivity contribution in [2.24, 2.45) is 10.7 Å². The number of carboxylic acid groups (broad SMARTS) is 1. The van der Waals surface area contributed by atoms with Crippen molar-refractivity contribution in [3.05, 3.63) is 40.2 Å². The summed E-state index contributed by atoms with van der Waals surface area (Å²) in [5.41, 5.74) is 11.7. The zero-order valence-corrected chi connectivity index (χ0v) is 40.9. The van der Waals surface area contributed by atoms with E-state index in [1.807, 2.05) is 0 Å². The Bertz CT molecular complexity index is 2320. The van der Waals surface area contributed by atoms with Gasteiger partial charge in [-0.1, -0.05) is 0 Å². The summed E-state index contributed by atoms with van der Waals surface area (Å²) in [6, 6.07) is 1.32. The molecule has 1 aliphatic rings. The van der Waals surface area contributed by atoms with Crippen molar-refractivity contribution in [1.82, 2.24) is 41.9 Å². The van der Waals surface area contributed by atoms with Crippen molar-refractivity contribution >= 4 is 76.7 Å². The molecule has 416 valence electrons. The number of rotatable bonds is 35. The van der Waals surface area contributed by atoms with Gasteiger partial charge in [-0.2, -0.15) is 4.98 Å². The maximum atomic E-state index is 13.8. The molecule has 75 heavy (non-hydrogen) atoms. The summed E-state index contributed by atoms with van der Waals surface area (Å²) in [6.07, 6.45) is -8.89. The number of carboxylic acids is 1. The van der Waals surface area contributed by atoms with E-state index in [0.29, 0.717) is 12.2 Å². The van der Waals surface area contributed by atoms with Crippen LogP contribution in [0.3, 0.4) is 0 Å². The number of aliphatic imine (C=N–C) groups is 1. The minimum atomic E-state index is -1.72. The van der Waals surface area contributed by atoms with Crippen LogP contribution in [0, 0.1) is 0 Å². The first-order chi connectivity index (χ1) is 35.6. The molecule has 7 amide bonds. The number of nitrogens with zero attached hydrogens (tertiary/aromatic N) is 2. The molecule has 30 heteroatoms. The van der Waals surface area contributed by atoms with Crippen molar-refractivity contribution in [2.75, 3.05) is 55.8 Å². The van der Waals surface area contributed by atoms with Gasteiger partial charge >= 0.3 is 5.97 Å². The highest BCUT2D eigenvalue weighted by molar-refractivity contribution is 5.95. The Hall–Kier alpha value is -7.35. The number of benzene rings is 1. The zero-order chi connectivity index (χ0) is 55.6. The number of nitrogen functional groups attached to an aromatic ring is 1. The molecule has 2 heterocycles. The predicted molar refractivity (Wildman–Crippen MR) is 266 cm³/mol. The lowest BCUT2D eigenvalue weighted by Gasteiger charge is -2.25. The second-order valence-electron chi connectivity index (χ2n) is 17.5. The highest BCUT2D eigenvalue weighted by Gasteiger charge is 2.31. The summed E-state index contributed by atoms with van der Waals surface area (Å²) in [6.45, 7) is -1.37. The number of aromatic amines is 1. The molecule has 0 bridgehead atoms. The highest BCUT2D eigenvalue weighted by Crippen LogP contribution is 2.22. The molecule has 21 N–H and O–H groups in total. The van der Waals surface area contributed by atoms with Gasteiger partial charge in [-0.15, -0.1) is 0 Å². The summed E-state index contributed by atoms with van der Waals surface area (Å²) in [7, 11) is 0. The average Bonchev–Trinajstić information content (AvgIpc) is 3.37. The zero-order valence-electron chi connectivity index (χ0n) is 40.9. The molecule has 9 atom stereocenters. The minimum Gasteiger partial charge on any atom is -0.481 e. The molecule has 2 aromatic rings. The number of anilines is 3. The van der Waals surface area contributed by atoms with Crippen LogP contribution in [0.1, 0.15) is 81.0 Å². The lowest BCUT2D eigenvalue weighted by Crippen LogP contribution is -2.56. The number of fused-ring (bicyclic) bond motifs is 1. The van der Waals surface area contributed by atoms with Crippen LogP contribution in [0.4, 0.5) is 23.1 Å². The van der Waals surface area contributed by atoms with Crippen molar-refractivity contribution in [2.45, 2.75) is 125 Å². The Morgan fingerprint density at radius 3 is 1.89 bits per heavy atom. The highest BCUT2D eigenvalue weighted by atomic mass is 16.4. The van der Waals surface area contributed by atoms with Crippen molar-refractivity contribution < 1.29 is 79.2 Å². The quantitative estimate of drug-likeness (QED) is 0.0286. The van der Waals surface area contributed by atoms with E-state index in [4.69, 9.17) is 21.7 Å². The van der Waals surface area contributed by atoms with E-state index in [1.165, 1.54) is 0 Å². The maximum Gasteiger partial charge on any atom is 0.303 e. The normalized spacial score (nSPS) is 15.9. The molecule has 0 radical (unpaired) electrons. The minimum absolute atomic E-state index is 0.00508. The monoisotopic (exact) mass is 1060 g/mol. The Balaban J connectivity index is 1.61. The number of nitrogens with two attached hydrogens (primary N) is 2. The van der Waals surface area contributed by atoms with Crippen molar-refractivity contribution in [1.29, 1.82) is 0 Å². The molecular weight excluding hydrogens is 995 g/mol. The lowest BCUT2D eigenvalue weighted by atomic mass is 10.0. The lowest BCUT2D eigenvalue weighted by molar-refractivity contribution is -0.138. The largest absolute Gasteiger partial charge is 0.481 e. The average molecular weight is 1060 g/mol. The molecular formula is C45H69N13O17. The summed E-state index contributed by atoms with van der Waals surface area (Å²) >= 11 is 0. The number of hydrogen-bond acceptors (Lipinski definition) is 21. The predicted octanol–water partition coefficient (Wildman–Crippen LogP) is -5.97. The topological polar surface area (TPSA) is 505 Å².